The smallest absolute Gasteiger partial charge is 0.0405 e. The predicted molar refractivity (Wildman–Crippen MR) is 79.2 cm³/mol. The molecule has 0 unspecified atom stereocenters. The first-order valence-corrected chi connectivity index (χ1v) is 7.77. The van der Waals surface area contributed by atoms with Crippen molar-refractivity contribution in [3.05, 3.63) is 30.3 Å². The lowest BCUT2D eigenvalue weighted by atomic mass is 9.95. The fourth-order valence-electron chi connectivity index (χ4n) is 1.74. The summed E-state index contributed by atoms with van der Waals surface area (Å²) in [5.41, 5.74) is 0.124. The molecule has 0 atom stereocenters. The molecule has 0 amide bonds. The fourth-order valence-corrected chi connectivity index (χ4v) is 3.00. The third kappa shape index (κ3) is 4.90. The van der Waals surface area contributed by atoms with Gasteiger partial charge in [0, 0.05) is 28.6 Å². The van der Waals surface area contributed by atoms with Gasteiger partial charge in [0.25, 0.3) is 0 Å². The summed E-state index contributed by atoms with van der Waals surface area (Å²) < 4.78 is 0. The summed E-state index contributed by atoms with van der Waals surface area (Å²) >= 11 is 7.94. The van der Waals surface area contributed by atoms with Gasteiger partial charge in [-0.3, -0.25) is 0 Å². The topological polar surface area (TPSA) is 12.0 Å². The van der Waals surface area contributed by atoms with Gasteiger partial charge in [0.2, 0.25) is 0 Å². The van der Waals surface area contributed by atoms with Gasteiger partial charge in [0.15, 0.2) is 0 Å². The summed E-state index contributed by atoms with van der Waals surface area (Å²) in [6.07, 6.45) is 2.17. The van der Waals surface area contributed by atoms with E-state index in [0.29, 0.717) is 5.88 Å². The summed E-state index contributed by atoms with van der Waals surface area (Å²) in [5.74, 6) is 1.78. The zero-order valence-corrected chi connectivity index (χ0v) is 12.3. The van der Waals surface area contributed by atoms with Gasteiger partial charge in [-0.1, -0.05) is 32.0 Å². The van der Waals surface area contributed by atoms with E-state index in [1.165, 1.54) is 4.90 Å². The molecule has 0 saturated heterocycles. The van der Waals surface area contributed by atoms with Gasteiger partial charge in [-0.2, -0.15) is 0 Å². The minimum absolute atomic E-state index is 0.124. The predicted octanol–water partition coefficient (Wildman–Crippen LogP) is 4.17. The second-order valence-electron chi connectivity index (χ2n) is 4.21. The molecule has 0 spiro atoms. The van der Waals surface area contributed by atoms with Gasteiger partial charge in [0.1, 0.15) is 0 Å². The highest BCUT2D eigenvalue weighted by Crippen LogP contribution is 2.19. The van der Waals surface area contributed by atoms with Crippen LogP contribution in [-0.4, -0.2) is 23.7 Å². The SMILES string of the molecule is CCC(CC)(CCl)NCCSc1ccccc1. The zero-order chi connectivity index (χ0) is 12.6. The summed E-state index contributed by atoms with van der Waals surface area (Å²) in [5, 5.41) is 3.60. The van der Waals surface area contributed by atoms with E-state index < -0.39 is 0 Å². The fraction of sp³-hybridized carbons (Fsp3) is 0.571. The first-order chi connectivity index (χ1) is 8.26. The quantitative estimate of drug-likeness (QED) is 0.433. The average molecular weight is 272 g/mol. The molecule has 0 aliphatic heterocycles. The number of hydrogen-bond donors (Lipinski definition) is 1. The number of nitrogens with one attached hydrogen (secondary N) is 1. The third-order valence-corrected chi connectivity index (χ3v) is 4.75. The first kappa shape index (κ1) is 14.9. The van der Waals surface area contributed by atoms with Crippen LogP contribution in [0.25, 0.3) is 0 Å². The molecule has 0 aliphatic rings. The van der Waals surface area contributed by atoms with Crippen LogP contribution in [0.5, 0.6) is 0 Å². The van der Waals surface area contributed by atoms with Crippen molar-refractivity contribution in [1.29, 1.82) is 0 Å². The standard InChI is InChI=1S/C14H22ClNS/c1-3-14(4-2,12-15)16-10-11-17-13-8-6-5-7-9-13/h5-9,16H,3-4,10-12H2,1-2H3. The van der Waals surface area contributed by atoms with Gasteiger partial charge in [-0.15, -0.1) is 23.4 Å². The maximum Gasteiger partial charge on any atom is 0.0405 e. The second kappa shape index (κ2) is 8.02. The average Bonchev–Trinajstić information content (AvgIpc) is 2.41. The number of alkyl halides is 1. The molecule has 1 aromatic carbocycles. The van der Waals surface area contributed by atoms with E-state index in [4.69, 9.17) is 11.6 Å². The third-order valence-electron chi connectivity index (χ3n) is 3.22. The van der Waals surface area contributed by atoms with Gasteiger partial charge >= 0.3 is 0 Å². The summed E-state index contributed by atoms with van der Waals surface area (Å²) in [6, 6.07) is 10.5. The van der Waals surface area contributed by atoms with E-state index in [1.54, 1.807) is 0 Å². The van der Waals surface area contributed by atoms with E-state index >= 15 is 0 Å². The van der Waals surface area contributed by atoms with Crippen molar-refractivity contribution in [2.45, 2.75) is 37.1 Å². The molecule has 0 saturated carbocycles. The molecular formula is C14H22ClNS. The van der Waals surface area contributed by atoms with E-state index in [-0.39, 0.29) is 5.54 Å². The van der Waals surface area contributed by atoms with Gasteiger partial charge < -0.3 is 5.32 Å². The van der Waals surface area contributed by atoms with Crippen molar-refractivity contribution < 1.29 is 0 Å². The Morgan fingerprint density at radius 3 is 2.35 bits per heavy atom. The number of thioether (sulfide) groups is 1. The van der Waals surface area contributed by atoms with Crippen molar-refractivity contribution in [3.63, 3.8) is 0 Å². The molecule has 0 heterocycles. The lowest BCUT2D eigenvalue weighted by molar-refractivity contribution is 0.346. The molecule has 1 rings (SSSR count). The van der Waals surface area contributed by atoms with Crippen LogP contribution in [0.4, 0.5) is 0 Å². The molecule has 96 valence electrons. The highest BCUT2D eigenvalue weighted by molar-refractivity contribution is 7.99. The van der Waals surface area contributed by atoms with Crippen molar-refractivity contribution >= 4 is 23.4 Å². The highest BCUT2D eigenvalue weighted by Gasteiger charge is 2.23. The Morgan fingerprint density at radius 1 is 1.18 bits per heavy atom. The minimum atomic E-state index is 0.124. The molecule has 1 nitrogen and oxygen atoms in total. The molecule has 0 aliphatic carbocycles. The Labute approximate surface area is 114 Å². The Hall–Kier alpha value is -0.180. The molecule has 1 aromatic rings. The van der Waals surface area contributed by atoms with Crippen LogP contribution in [-0.2, 0) is 0 Å². The number of benzene rings is 1. The van der Waals surface area contributed by atoms with Crippen molar-refractivity contribution in [2.75, 3.05) is 18.2 Å². The van der Waals surface area contributed by atoms with Crippen molar-refractivity contribution in [1.82, 2.24) is 5.32 Å². The monoisotopic (exact) mass is 271 g/mol. The van der Waals surface area contributed by atoms with Crippen LogP contribution in [0, 0.1) is 0 Å². The lowest BCUT2D eigenvalue weighted by Gasteiger charge is -2.30. The largest absolute Gasteiger partial charge is 0.309 e. The van der Waals surface area contributed by atoms with Crippen molar-refractivity contribution in [3.8, 4) is 0 Å². The zero-order valence-electron chi connectivity index (χ0n) is 10.7. The maximum atomic E-state index is 6.05. The highest BCUT2D eigenvalue weighted by atomic mass is 35.5. The maximum absolute atomic E-state index is 6.05. The Bertz CT molecular complexity index is 290. The van der Waals surface area contributed by atoms with E-state index in [1.807, 2.05) is 11.8 Å². The summed E-state index contributed by atoms with van der Waals surface area (Å²) in [6.45, 7) is 5.40. The van der Waals surface area contributed by atoms with Crippen LogP contribution < -0.4 is 5.32 Å². The Balaban J connectivity index is 2.28. The van der Waals surface area contributed by atoms with Crippen LogP contribution in [0.3, 0.4) is 0 Å². The van der Waals surface area contributed by atoms with E-state index in [9.17, 15) is 0 Å². The van der Waals surface area contributed by atoms with Gasteiger partial charge in [-0.25, -0.2) is 0 Å². The van der Waals surface area contributed by atoms with Crippen LogP contribution in [0.15, 0.2) is 35.2 Å². The van der Waals surface area contributed by atoms with Crippen LogP contribution in [0.2, 0.25) is 0 Å². The summed E-state index contributed by atoms with van der Waals surface area (Å²) in [7, 11) is 0. The first-order valence-electron chi connectivity index (χ1n) is 6.25. The van der Waals surface area contributed by atoms with E-state index in [0.717, 1.165) is 25.1 Å². The molecule has 0 bridgehead atoms. The van der Waals surface area contributed by atoms with Gasteiger partial charge in [0.05, 0.1) is 0 Å². The Morgan fingerprint density at radius 2 is 1.82 bits per heavy atom. The molecule has 0 aromatic heterocycles. The molecule has 1 N–H and O–H groups in total. The summed E-state index contributed by atoms with van der Waals surface area (Å²) in [4.78, 5) is 1.33. The van der Waals surface area contributed by atoms with E-state index in [2.05, 4.69) is 49.5 Å². The molecule has 0 radical (unpaired) electrons. The number of halogens is 1. The Kier molecular flexibility index (Phi) is 7.02. The second-order valence-corrected chi connectivity index (χ2v) is 5.64. The van der Waals surface area contributed by atoms with Crippen LogP contribution in [0.1, 0.15) is 26.7 Å². The number of hydrogen-bond acceptors (Lipinski definition) is 2. The normalized spacial score (nSPS) is 11.7. The molecular weight excluding hydrogens is 250 g/mol. The number of rotatable bonds is 8. The van der Waals surface area contributed by atoms with Crippen molar-refractivity contribution in [2.24, 2.45) is 0 Å². The molecule has 0 fully saturated rings. The van der Waals surface area contributed by atoms with Crippen LogP contribution >= 0.6 is 23.4 Å². The molecule has 3 heteroatoms. The van der Waals surface area contributed by atoms with Gasteiger partial charge in [-0.05, 0) is 25.0 Å². The minimum Gasteiger partial charge on any atom is -0.309 e. The lowest BCUT2D eigenvalue weighted by Crippen LogP contribution is -2.46. The molecule has 17 heavy (non-hydrogen) atoms.